The lowest BCUT2D eigenvalue weighted by molar-refractivity contribution is 0.168. The molecule has 1 N–H and O–H groups in total. The van der Waals surface area contributed by atoms with Crippen LogP contribution in [-0.4, -0.2) is 57.6 Å². The maximum Gasteiger partial charge on any atom is 0.415 e. The standard InChI is InChI=1S/C23H22FN5O3/c1-14-20-21(29(17-9-10-17)22(30)28(14)16-7-8-16)26-19(25-20)4-3-13-27(2)23(31)32-18-11-5-15(24)6-12-18/h5-6,11-12,16-17H,1,7-10,13H2,2H3,(H,25,26). The number of hydrogen-bond acceptors (Lipinski definition) is 4. The van der Waals surface area contributed by atoms with Crippen molar-refractivity contribution in [1.82, 2.24) is 19.8 Å². The first-order chi connectivity index (χ1) is 15.4. The second-order valence-corrected chi connectivity index (χ2v) is 8.20. The van der Waals surface area contributed by atoms with E-state index in [1.54, 1.807) is 16.8 Å². The normalized spacial score (nSPS) is 17.6. The second kappa shape index (κ2) is 7.71. The minimum Gasteiger partial charge on any atom is -0.410 e. The number of H-pyrrole nitrogens is 1. The molecule has 0 spiro atoms. The maximum atomic E-state index is 13.0. The van der Waals surface area contributed by atoms with Crippen LogP contribution in [0, 0.1) is 17.7 Å². The molecular weight excluding hydrogens is 413 g/mol. The molecule has 2 fully saturated rings. The van der Waals surface area contributed by atoms with Crippen molar-refractivity contribution in [2.24, 2.45) is 0 Å². The molecule has 0 atom stereocenters. The van der Waals surface area contributed by atoms with Gasteiger partial charge >= 0.3 is 12.1 Å². The Balaban J connectivity index is 1.29. The number of hydrogen-bond donors (Lipinski definition) is 1. The van der Waals surface area contributed by atoms with Gasteiger partial charge in [0.25, 0.3) is 0 Å². The van der Waals surface area contributed by atoms with Crippen molar-refractivity contribution < 1.29 is 18.7 Å². The molecule has 9 heteroatoms. The van der Waals surface area contributed by atoms with Gasteiger partial charge in [-0.25, -0.2) is 19.0 Å². The predicted octanol–water partition coefficient (Wildman–Crippen LogP) is 3.57. The number of urea groups is 1. The Morgan fingerprint density at radius 1 is 1.25 bits per heavy atom. The highest BCUT2D eigenvalue weighted by Gasteiger charge is 2.47. The van der Waals surface area contributed by atoms with Crippen LogP contribution in [0.5, 0.6) is 5.75 Å². The number of carbonyl (C=O) groups is 2. The van der Waals surface area contributed by atoms with Crippen molar-refractivity contribution in [3.05, 3.63) is 48.2 Å². The summed E-state index contributed by atoms with van der Waals surface area (Å²) >= 11 is 0. The van der Waals surface area contributed by atoms with Crippen LogP contribution in [0.4, 0.5) is 19.8 Å². The van der Waals surface area contributed by atoms with E-state index in [2.05, 4.69) is 28.4 Å². The molecule has 8 nitrogen and oxygen atoms in total. The van der Waals surface area contributed by atoms with Crippen molar-refractivity contribution in [2.45, 2.75) is 37.8 Å². The van der Waals surface area contributed by atoms with E-state index in [-0.39, 0.29) is 30.4 Å². The van der Waals surface area contributed by atoms with Gasteiger partial charge in [0.05, 0.1) is 12.2 Å². The topological polar surface area (TPSA) is 81.8 Å². The number of rotatable bonds is 4. The molecular formula is C23H22FN5O3. The summed E-state index contributed by atoms with van der Waals surface area (Å²) in [5.74, 6) is 6.64. The van der Waals surface area contributed by atoms with Crippen molar-refractivity contribution in [3.8, 4) is 17.6 Å². The molecule has 0 bridgehead atoms. The summed E-state index contributed by atoms with van der Waals surface area (Å²) in [7, 11) is 1.55. The van der Waals surface area contributed by atoms with E-state index in [0.29, 0.717) is 17.3 Å². The molecule has 32 heavy (non-hydrogen) atoms. The third kappa shape index (κ3) is 3.80. The van der Waals surface area contributed by atoms with Gasteiger partial charge in [-0.2, -0.15) is 0 Å². The molecule has 164 valence electrons. The van der Waals surface area contributed by atoms with E-state index in [1.165, 1.54) is 29.2 Å². The van der Waals surface area contributed by atoms with Crippen LogP contribution in [0.25, 0.3) is 5.70 Å². The fourth-order valence-corrected chi connectivity index (χ4v) is 3.60. The Morgan fingerprint density at radius 2 is 1.91 bits per heavy atom. The zero-order chi connectivity index (χ0) is 22.4. The van der Waals surface area contributed by atoms with Crippen LogP contribution >= 0.6 is 0 Å². The molecule has 1 aromatic carbocycles. The lowest BCUT2D eigenvalue weighted by atomic mass is 10.2. The third-order valence-corrected chi connectivity index (χ3v) is 5.58. The van der Waals surface area contributed by atoms with Gasteiger partial charge in [-0.1, -0.05) is 12.5 Å². The Labute approximate surface area is 184 Å². The summed E-state index contributed by atoms with van der Waals surface area (Å²) in [5, 5.41) is 0. The Bertz CT molecular complexity index is 1150. The zero-order valence-electron chi connectivity index (χ0n) is 17.6. The summed E-state index contributed by atoms with van der Waals surface area (Å²) < 4.78 is 18.2. The Kier molecular flexibility index (Phi) is 4.85. The number of aromatic amines is 1. The number of benzene rings is 1. The number of imidazole rings is 1. The molecule has 1 aromatic heterocycles. The quantitative estimate of drug-likeness (QED) is 0.745. The lowest BCUT2D eigenvalue weighted by Crippen LogP contribution is -2.48. The van der Waals surface area contributed by atoms with E-state index in [9.17, 15) is 14.0 Å². The second-order valence-electron chi connectivity index (χ2n) is 8.20. The number of carbonyl (C=O) groups excluding carboxylic acids is 2. The van der Waals surface area contributed by atoms with E-state index >= 15 is 0 Å². The Hall–Kier alpha value is -3.80. The summed E-state index contributed by atoms with van der Waals surface area (Å²) in [5.41, 5.74) is 1.35. The van der Waals surface area contributed by atoms with Crippen LogP contribution in [0.15, 0.2) is 30.8 Å². The maximum absolute atomic E-state index is 13.0. The van der Waals surface area contributed by atoms with Crippen molar-refractivity contribution in [1.29, 1.82) is 0 Å². The molecule has 3 amide bonds. The van der Waals surface area contributed by atoms with Gasteiger partial charge in [-0.3, -0.25) is 14.7 Å². The number of aromatic nitrogens is 2. The number of amides is 3. The molecule has 2 aliphatic carbocycles. The fourth-order valence-electron chi connectivity index (χ4n) is 3.60. The molecule has 2 saturated carbocycles. The van der Waals surface area contributed by atoms with Crippen LogP contribution in [0.2, 0.25) is 0 Å². The Morgan fingerprint density at radius 3 is 2.56 bits per heavy atom. The number of nitrogens with zero attached hydrogens (tertiary/aromatic N) is 4. The van der Waals surface area contributed by atoms with Gasteiger partial charge in [-0.15, -0.1) is 0 Å². The van der Waals surface area contributed by atoms with Gasteiger partial charge in [0.2, 0.25) is 0 Å². The van der Waals surface area contributed by atoms with E-state index in [0.717, 1.165) is 31.4 Å². The summed E-state index contributed by atoms with van der Waals surface area (Å²) in [4.78, 5) is 37.8. The van der Waals surface area contributed by atoms with E-state index < -0.39 is 11.9 Å². The molecule has 0 unspecified atom stereocenters. The number of halogens is 1. The zero-order valence-corrected chi connectivity index (χ0v) is 17.6. The van der Waals surface area contributed by atoms with Crippen LogP contribution < -0.4 is 9.64 Å². The minimum atomic E-state index is -0.608. The highest BCUT2D eigenvalue weighted by atomic mass is 19.1. The summed E-state index contributed by atoms with van der Waals surface area (Å²) in [6.45, 7) is 4.22. The molecule has 3 aliphatic rings. The van der Waals surface area contributed by atoms with Gasteiger partial charge in [0.15, 0.2) is 11.6 Å². The molecule has 1 aliphatic heterocycles. The van der Waals surface area contributed by atoms with Gasteiger partial charge in [0, 0.05) is 19.1 Å². The third-order valence-electron chi connectivity index (χ3n) is 5.58. The fraction of sp³-hybridized carbons (Fsp3) is 0.348. The van der Waals surface area contributed by atoms with Gasteiger partial charge < -0.3 is 9.72 Å². The van der Waals surface area contributed by atoms with Crippen LogP contribution in [0.3, 0.4) is 0 Å². The summed E-state index contributed by atoms with van der Waals surface area (Å²) in [6.07, 6.45) is 3.29. The van der Waals surface area contributed by atoms with E-state index in [4.69, 9.17) is 4.74 Å². The smallest absolute Gasteiger partial charge is 0.410 e. The average Bonchev–Trinajstić information content (AvgIpc) is 3.69. The molecule has 0 radical (unpaired) electrons. The largest absolute Gasteiger partial charge is 0.415 e. The van der Waals surface area contributed by atoms with Crippen molar-refractivity contribution in [3.63, 3.8) is 0 Å². The molecule has 2 heterocycles. The van der Waals surface area contributed by atoms with E-state index in [1.807, 2.05) is 0 Å². The number of fused-ring (bicyclic) bond motifs is 1. The first kappa shape index (κ1) is 20.1. The number of nitrogens with one attached hydrogen (secondary N) is 1. The van der Waals surface area contributed by atoms with Crippen molar-refractivity contribution >= 4 is 23.6 Å². The monoisotopic (exact) mass is 435 g/mol. The predicted molar refractivity (Wildman–Crippen MR) is 115 cm³/mol. The first-order valence-electron chi connectivity index (χ1n) is 10.5. The van der Waals surface area contributed by atoms with Crippen LogP contribution in [0.1, 0.15) is 37.2 Å². The van der Waals surface area contributed by atoms with Crippen LogP contribution in [-0.2, 0) is 0 Å². The first-order valence-corrected chi connectivity index (χ1v) is 10.5. The number of ether oxygens (including phenoxy) is 1. The molecule has 2 aromatic rings. The molecule has 5 rings (SSSR count). The molecule has 0 saturated heterocycles. The van der Waals surface area contributed by atoms with Crippen molar-refractivity contribution in [2.75, 3.05) is 18.5 Å². The summed E-state index contributed by atoms with van der Waals surface area (Å²) in [6, 6.07) is 5.52. The SMILES string of the molecule is C=C1c2[nH]c(C#CCN(C)C(=O)Oc3ccc(F)cc3)nc2N(C2CC2)C(=O)N1C1CC1. The van der Waals surface area contributed by atoms with Gasteiger partial charge in [-0.05, 0) is 55.9 Å². The lowest BCUT2D eigenvalue weighted by Gasteiger charge is -2.35. The minimum absolute atomic E-state index is 0.0539. The number of anilines is 1. The highest BCUT2D eigenvalue weighted by Crippen LogP contribution is 2.44. The highest BCUT2D eigenvalue weighted by molar-refractivity contribution is 6.04. The van der Waals surface area contributed by atoms with Gasteiger partial charge in [0.1, 0.15) is 17.3 Å². The average molecular weight is 435 g/mol.